The minimum absolute atomic E-state index is 0.200. The zero-order valence-electron chi connectivity index (χ0n) is 13.7. The molecule has 1 atom stereocenters. The molecule has 1 N–H and O–H groups in total. The van der Waals surface area contributed by atoms with E-state index in [0.29, 0.717) is 0 Å². The van der Waals surface area contributed by atoms with Gasteiger partial charge < -0.3 is 9.84 Å². The highest BCUT2D eigenvalue weighted by Gasteiger charge is 2.29. The standard InChI is InChI=1S/C22H17IO2/c1-14-19-7-2-3-8-20(19)25-22(15-9-11-17(23)12-10-15)21(14)16-5-4-6-18(24)13-16/h2-13,22,24H,1H3. The van der Waals surface area contributed by atoms with Gasteiger partial charge in [-0.05, 0) is 76.5 Å². The summed E-state index contributed by atoms with van der Waals surface area (Å²) < 4.78 is 7.59. The van der Waals surface area contributed by atoms with Crippen LogP contribution < -0.4 is 4.74 Å². The van der Waals surface area contributed by atoms with Crippen LogP contribution in [-0.4, -0.2) is 5.11 Å². The number of fused-ring (bicyclic) bond motifs is 1. The quantitative estimate of drug-likeness (QED) is 0.491. The molecule has 3 aromatic rings. The molecule has 0 spiro atoms. The Morgan fingerprint density at radius 1 is 0.920 bits per heavy atom. The van der Waals surface area contributed by atoms with Crippen molar-refractivity contribution in [3.8, 4) is 11.5 Å². The van der Waals surface area contributed by atoms with Gasteiger partial charge in [0.1, 0.15) is 17.6 Å². The van der Waals surface area contributed by atoms with Gasteiger partial charge in [-0.2, -0.15) is 0 Å². The summed E-state index contributed by atoms with van der Waals surface area (Å²) in [5.41, 5.74) is 5.46. The number of ether oxygens (including phenoxy) is 1. The number of aromatic hydroxyl groups is 1. The van der Waals surface area contributed by atoms with E-state index >= 15 is 0 Å². The number of benzene rings is 3. The van der Waals surface area contributed by atoms with Crippen molar-refractivity contribution in [1.29, 1.82) is 0 Å². The molecule has 0 radical (unpaired) electrons. The molecular formula is C22H17IO2. The van der Waals surface area contributed by atoms with E-state index < -0.39 is 0 Å². The molecule has 0 aromatic heterocycles. The summed E-state index contributed by atoms with van der Waals surface area (Å²) in [5.74, 6) is 1.16. The molecule has 2 nitrogen and oxygen atoms in total. The van der Waals surface area contributed by atoms with Crippen molar-refractivity contribution < 1.29 is 9.84 Å². The third kappa shape index (κ3) is 3.04. The van der Waals surface area contributed by atoms with Crippen molar-refractivity contribution in [2.75, 3.05) is 0 Å². The minimum Gasteiger partial charge on any atom is -0.508 e. The molecule has 3 heteroatoms. The Balaban J connectivity index is 1.93. The zero-order chi connectivity index (χ0) is 17.4. The number of phenolic OH excluding ortho intramolecular Hbond substituents is 1. The first-order chi connectivity index (χ1) is 12.1. The van der Waals surface area contributed by atoms with Gasteiger partial charge in [0.05, 0.1) is 0 Å². The molecule has 1 aliphatic heterocycles. The second-order valence-corrected chi connectivity index (χ2v) is 7.38. The fourth-order valence-corrected chi connectivity index (χ4v) is 3.68. The molecule has 3 aromatic carbocycles. The zero-order valence-corrected chi connectivity index (χ0v) is 15.9. The Kier molecular flexibility index (Phi) is 4.25. The lowest BCUT2D eigenvalue weighted by molar-refractivity contribution is 0.260. The summed E-state index contributed by atoms with van der Waals surface area (Å²) in [7, 11) is 0. The first-order valence-corrected chi connectivity index (χ1v) is 9.23. The maximum Gasteiger partial charge on any atom is 0.150 e. The van der Waals surface area contributed by atoms with Crippen LogP contribution >= 0.6 is 22.6 Å². The predicted molar refractivity (Wildman–Crippen MR) is 110 cm³/mol. The van der Waals surface area contributed by atoms with Crippen LogP contribution in [0.1, 0.15) is 29.7 Å². The van der Waals surface area contributed by atoms with Crippen molar-refractivity contribution in [1.82, 2.24) is 0 Å². The highest BCUT2D eigenvalue weighted by atomic mass is 127. The topological polar surface area (TPSA) is 29.5 Å². The van der Waals surface area contributed by atoms with Crippen molar-refractivity contribution in [2.45, 2.75) is 13.0 Å². The third-order valence-corrected chi connectivity index (χ3v) is 5.25. The maximum absolute atomic E-state index is 9.95. The molecule has 124 valence electrons. The van der Waals surface area contributed by atoms with Crippen LogP contribution in [0.25, 0.3) is 11.1 Å². The normalized spacial score (nSPS) is 16.3. The summed E-state index contributed by atoms with van der Waals surface area (Å²) in [6, 6.07) is 23.9. The smallest absolute Gasteiger partial charge is 0.150 e. The summed E-state index contributed by atoms with van der Waals surface area (Å²) in [6.45, 7) is 2.13. The van der Waals surface area contributed by atoms with E-state index in [1.165, 1.54) is 9.14 Å². The van der Waals surface area contributed by atoms with Crippen LogP contribution in [0.5, 0.6) is 11.5 Å². The van der Waals surface area contributed by atoms with Crippen LogP contribution in [0.4, 0.5) is 0 Å². The lowest BCUT2D eigenvalue weighted by atomic mass is 9.86. The van der Waals surface area contributed by atoms with Gasteiger partial charge in [-0.15, -0.1) is 0 Å². The lowest BCUT2D eigenvalue weighted by Crippen LogP contribution is -2.16. The lowest BCUT2D eigenvalue weighted by Gasteiger charge is -2.31. The van der Waals surface area contributed by atoms with Gasteiger partial charge in [0, 0.05) is 14.7 Å². The van der Waals surface area contributed by atoms with Crippen LogP contribution in [0.3, 0.4) is 0 Å². The van der Waals surface area contributed by atoms with E-state index in [-0.39, 0.29) is 11.9 Å². The molecule has 0 saturated heterocycles. The van der Waals surface area contributed by atoms with Crippen LogP contribution in [0, 0.1) is 3.57 Å². The average molecular weight is 440 g/mol. The third-order valence-electron chi connectivity index (χ3n) is 4.53. The fourth-order valence-electron chi connectivity index (χ4n) is 3.32. The maximum atomic E-state index is 9.95. The molecule has 0 bridgehead atoms. The molecule has 0 saturated carbocycles. The molecule has 1 unspecified atom stereocenters. The second kappa shape index (κ2) is 6.56. The molecule has 4 rings (SSSR count). The molecular weight excluding hydrogens is 423 g/mol. The molecule has 1 aliphatic rings. The van der Waals surface area contributed by atoms with Crippen LogP contribution in [0.2, 0.25) is 0 Å². The number of hydrogen-bond donors (Lipinski definition) is 1. The highest BCUT2D eigenvalue weighted by Crippen LogP contribution is 2.46. The van der Waals surface area contributed by atoms with Gasteiger partial charge in [-0.25, -0.2) is 0 Å². The highest BCUT2D eigenvalue weighted by molar-refractivity contribution is 14.1. The largest absolute Gasteiger partial charge is 0.508 e. The van der Waals surface area contributed by atoms with Crippen molar-refractivity contribution in [3.05, 3.63) is 93.1 Å². The van der Waals surface area contributed by atoms with Crippen LogP contribution in [-0.2, 0) is 0 Å². The minimum atomic E-state index is -0.200. The monoisotopic (exact) mass is 440 g/mol. The number of hydrogen-bond acceptors (Lipinski definition) is 2. The molecule has 0 aliphatic carbocycles. The van der Waals surface area contributed by atoms with Gasteiger partial charge >= 0.3 is 0 Å². The Bertz CT molecular complexity index is 958. The van der Waals surface area contributed by atoms with Crippen molar-refractivity contribution in [3.63, 3.8) is 0 Å². The van der Waals surface area contributed by atoms with Gasteiger partial charge in [-0.3, -0.25) is 0 Å². The summed E-state index contributed by atoms with van der Waals surface area (Å²) in [6.07, 6.45) is -0.200. The first kappa shape index (κ1) is 16.2. The number of allylic oxidation sites excluding steroid dienone is 1. The number of para-hydroxylation sites is 1. The Hall–Kier alpha value is -2.27. The van der Waals surface area contributed by atoms with Gasteiger partial charge in [0.25, 0.3) is 0 Å². The van der Waals surface area contributed by atoms with E-state index in [1.54, 1.807) is 12.1 Å². The summed E-state index contributed by atoms with van der Waals surface area (Å²) >= 11 is 2.31. The number of rotatable bonds is 2. The summed E-state index contributed by atoms with van der Waals surface area (Å²) in [5, 5.41) is 9.95. The molecule has 0 amide bonds. The van der Waals surface area contributed by atoms with Gasteiger partial charge in [0.2, 0.25) is 0 Å². The van der Waals surface area contributed by atoms with Gasteiger partial charge in [0.15, 0.2) is 0 Å². The van der Waals surface area contributed by atoms with Gasteiger partial charge in [-0.1, -0.05) is 42.5 Å². The molecule has 0 fully saturated rings. The van der Waals surface area contributed by atoms with E-state index in [4.69, 9.17) is 4.74 Å². The van der Waals surface area contributed by atoms with E-state index in [2.05, 4.69) is 59.8 Å². The van der Waals surface area contributed by atoms with Crippen molar-refractivity contribution >= 4 is 33.7 Å². The second-order valence-electron chi connectivity index (χ2n) is 6.13. The summed E-state index contributed by atoms with van der Waals surface area (Å²) in [4.78, 5) is 0. The first-order valence-electron chi connectivity index (χ1n) is 8.15. The molecule has 25 heavy (non-hydrogen) atoms. The number of halogens is 1. The van der Waals surface area contributed by atoms with E-state index in [9.17, 15) is 5.11 Å². The number of phenols is 1. The Morgan fingerprint density at radius 2 is 1.68 bits per heavy atom. The Morgan fingerprint density at radius 3 is 2.44 bits per heavy atom. The predicted octanol–water partition coefficient (Wildman–Crippen LogP) is 6.06. The molecule has 1 heterocycles. The van der Waals surface area contributed by atoms with Crippen molar-refractivity contribution in [2.24, 2.45) is 0 Å². The average Bonchev–Trinajstić information content (AvgIpc) is 2.62. The van der Waals surface area contributed by atoms with Crippen LogP contribution in [0.15, 0.2) is 72.8 Å². The fraction of sp³-hybridized carbons (Fsp3) is 0.0909. The SMILES string of the molecule is CC1=C(c2cccc(O)c2)C(c2ccc(I)cc2)Oc2ccccc21. The Labute approximate surface area is 160 Å². The van der Waals surface area contributed by atoms with E-state index in [1.807, 2.05) is 30.3 Å². The van der Waals surface area contributed by atoms with E-state index in [0.717, 1.165) is 28.0 Å².